The average Bonchev–Trinajstić information content (AvgIpc) is 2.97. The third-order valence-corrected chi connectivity index (χ3v) is 9.31. The number of aliphatic imine (C=N–C) groups is 1. The molecule has 2 aromatic carbocycles. The van der Waals surface area contributed by atoms with E-state index in [1.54, 1.807) is 0 Å². The highest BCUT2D eigenvalue weighted by Crippen LogP contribution is 2.41. The van der Waals surface area contributed by atoms with E-state index in [0.29, 0.717) is 23.3 Å². The van der Waals surface area contributed by atoms with Crippen molar-refractivity contribution in [3.8, 4) is 5.88 Å². The fraction of sp³-hybridized carbons (Fsp3) is 0.485. The summed E-state index contributed by atoms with van der Waals surface area (Å²) in [5.74, 6) is 2.18. The Balaban J connectivity index is 1.01. The van der Waals surface area contributed by atoms with Gasteiger partial charge in [-0.05, 0) is 88.3 Å². The van der Waals surface area contributed by atoms with Crippen molar-refractivity contribution >= 4 is 17.2 Å². The maximum absolute atomic E-state index is 11.1. The number of rotatable bonds is 6. The largest absolute Gasteiger partial charge is 0.463 e. The molecule has 6 rings (SSSR count). The normalized spacial score (nSPS) is 24.0. The lowest BCUT2D eigenvalue weighted by Gasteiger charge is -2.39. The zero-order valence-electron chi connectivity index (χ0n) is 23.7. The number of benzene rings is 2. The fourth-order valence-corrected chi connectivity index (χ4v) is 6.75. The highest BCUT2D eigenvalue weighted by molar-refractivity contribution is 6.09. The molecule has 0 spiro atoms. The molecule has 3 N–H and O–H groups in total. The van der Waals surface area contributed by atoms with Gasteiger partial charge in [0, 0.05) is 18.7 Å². The number of aliphatic hydroxyl groups is 1. The number of likely N-dealkylation sites (tertiary alicyclic amines) is 1. The molecule has 1 saturated carbocycles. The first-order valence-electron chi connectivity index (χ1n) is 14.8. The maximum Gasteiger partial charge on any atom is 0.246 e. The monoisotopic (exact) mass is 539 g/mol. The van der Waals surface area contributed by atoms with E-state index in [-0.39, 0.29) is 0 Å². The Hall–Kier alpha value is -3.29. The molecule has 7 nitrogen and oxygen atoms in total. The Morgan fingerprint density at radius 1 is 0.950 bits per heavy atom. The van der Waals surface area contributed by atoms with Crippen LogP contribution in [0.15, 0.2) is 65.9 Å². The van der Waals surface area contributed by atoms with E-state index in [0.717, 1.165) is 55.2 Å². The SMILES string of the molecule is CC1(C)Oc2ncnc(N)c2N=C1c1ccc([C@H]2CC[C@H](CCN3CCC(O)(c4ccccc4)CC3)CC2)cc1. The molecule has 210 valence electrons. The second-order valence-electron chi connectivity index (χ2n) is 12.4. The average molecular weight is 540 g/mol. The molecular weight excluding hydrogens is 498 g/mol. The number of hydrogen-bond acceptors (Lipinski definition) is 7. The summed E-state index contributed by atoms with van der Waals surface area (Å²) in [5, 5.41) is 11.1. The van der Waals surface area contributed by atoms with E-state index in [9.17, 15) is 5.11 Å². The molecule has 7 heteroatoms. The van der Waals surface area contributed by atoms with Gasteiger partial charge in [0.15, 0.2) is 11.5 Å². The summed E-state index contributed by atoms with van der Waals surface area (Å²) in [6.45, 7) is 7.12. The lowest BCUT2D eigenvalue weighted by Crippen LogP contribution is -2.43. The molecular formula is C33H41N5O2. The van der Waals surface area contributed by atoms with Gasteiger partial charge in [0.2, 0.25) is 5.88 Å². The molecule has 40 heavy (non-hydrogen) atoms. The number of nitrogens with two attached hydrogens (primary N) is 1. The summed E-state index contributed by atoms with van der Waals surface area (Å²) in [4.78, 5) is 15.7. The van der Waals surface area contributed by atoms with E-state index in [2.05, 4.69) is 51.3 Å². The second-order valence-corrected chi connectivity index (χ2v) is 12.4. The Kier molecular flexibility index (Phi) is 7.36. The van der Waals surface area contributed by atoms with Crippen LogP contribution in [0.2, 0.25) is 0 Å². The summed E-state index contributed by atoms with van der Waals surface area (Å²) >= 11 is 0. The summed E-state index contributed by atoms with van der Waals surface area (Å²) in [7, 11) is 0. The molecule has 0 atom stereocenters. The van der Waals surface area contributed by atoms with Crippen LogP contribution >= 0.6 is 0 Å². The van der Waals surface area contributed by atoms with Crippen molar-refractivity contribution < 1.29 is 9.84 Å². The lowest BCUT2D eigenvalue weighted by atomic mass is 9.77. The minimum absolute atomic E-state index is 0.334. The third kappa shape index (κ3) is 5.50. The van der Waals surface area contributed by atoms with Crippen LogP contribution in [0.1, 0.15) is 81.4 Å². The number of aromatic nitrogens is 2. The molecule has 3 aromatic rings. The number of nitrogens with zero attached hydrogens (tertiary/aromatic N) is 4. The molecule has 2 aliphatic heterocycles. The summed E-state index contributed by atoms with van der Waals surface area (Å²) in [5.41, 5.74) is 9.65. The Morgan fingerprint density at radius 2 is 1.65 bits per heavy atom. The van der Waals surface area contributed by atoms with Gasteiger partial charge in [-0.2, -0.15) is 4.98 Å². The number of nitrogen functional groups attached to an aromatic ring is 1. The van der Waals surface area contributed by atoms with Crippen molar-refractivity contribution in [1.29, 1.82) is 0 Å². The van der Waals surface area contributed by atoms with Crippen LogP contribution in [0.4, 0.5) is 11.5 Å². The van der Waals surface area contributed by atoms with Crippen molar-refractivity contribution in [3.05, 3.63) is 77.6 Å². The first kappa shape index (κ1) is 26.9. The molecule has 3 aliphatic rings. The van der Waals surface area contributed by atoms with Gasteiger partial charge in [0.05, 0.1) is 11.3 Å². The second kappa shape index (κ2) is 10.9. The van der Waals surface area contributed by atoms with Crippen LogP contribution in [0, 0.1) is 5.92 Å². The Labute approximate surface area is 237 Å². The Bertz CT molecular complexity index is 1340. The topological polar surface area (TPSA) is 96.9 Å². The van der Waals surface area contributed by atoms with Gasteiger partial charge in [0.25, 0.3) is 0 Å². The van der Waals surface area contributed by atoms with Crippen LogP contribution in [0.3, 0.4) is 0 Å². The number of anilines is 1. The van der Waals surface area contributed by atoms with Crippen molar-refractivity contribution in [1.82, 2.24) is 14.9 Å². The molecule has 3 heterocycles. The number of ether oxygens (including phenoxy) is 1. The quantitative estimate of drug-likeness (QED) is 0.399. The van der Waals surface area contributed by atoms with Crippen molar-refractivity contribution in [2.45, 2.75) is 75.9 Å². The van der Waals surface area contributed by atoms with Crippen molar-refractivity contribution in [2.75, 3.05) is 25.4 Å². The van der Waals surface area contributed by atoms with Gasteiger partial charge in [-0.3, -0.25) is 0 Å². The molecule has 2 fully saturated rings. The van der Waals surface area contributed by atoms with Crippen LogP contribution in [-0.2, 0) is 5.60 Å². The molecule has 0 unspecified atom stereocenters. The molecule has 0 radical (unpaired) electrons. The van der Waals surface area contributed by atoms with E-state index in [4.69, 9.17) is 15.5 Å². The van der Waals surface area contributed by atoms with Gasteiger partial charge in [-0.15, -0.1) is 0 Å². The molecule has 1 saturated heterocycles. The first-order valence-corrected chi connectivity index (χ1v) is 14.8. The zero-order valence-corrected chi connectivity index (χ0v) is 23.7. The number of piperidine rings is 1. The summed E-state index contributed by atoms with van der Waals surface area (Å²) in [6, 6.07) is 19.1. The molecule has 0 amide bonds. The number of fused-ring (bicyclic) bond motifs is 1. The minimum atomic E-state index is -0.663. The summed E-state index contributed by atoms with van der Waals surface area (Å²) < 4.78 is 6.14. The highest BCUT2D eigenvalue weighted by Gasteiger charge is 2.36. The van der Waals surface area contributed by atoms with Gasteiger partial charge in [-0.25, -0.2) is 9.98 Å². The van der Waals surface area contributed by atoms with Crippen LogP contribution in [0.25, 0.3) is 0 Å². The predicted octanol–water partition coefficient (Wildman–Crippen LogP) is 6.00. The highest BCUT2D eigenvalue weighted by atomic mass is 16.5. The van der Waals surface area contributed by atoms with E-state index >= 15 is 0 Å². The standard InChI is InChI=1S/C33H41N5O2/c1-32(2)29(37-28-30(34)35-22-36-31(28)40-32)26-14-12-25(13-15-26)24-10-8-23(9-11-24)16-19-38-20-17-33(39,18-21-38)27-6-4-3-5-7-27/h3-7,12-15,22-24,39H,8-11,16-21H2,1-2H3,(H2,34,35,36)/t23-,24-. The lowest BCUT2D eigenvalue weighted by molar-refractivity contribution is -0.0270. The molecule has 1 aromatic heterocycles. The van der Waals surface area contributed by atoms with Crippen LogP contribution in [-0.4, -0.2) is 50.9 Å². The zero-order chi connectivity index (χ0) is 27.7. The van der Waals surface area contributed by atoms with Crippen molar-refractivity contribution in [3.63, 3.8) is 0 Å². The van der Waals surface area contributed by atoms with Gasteiger partial charge in [0.1, 0.15) is 11.9 Å². The minimum Gasteiger partial charge on any atom is -0.463 e. The van der Waals surface area contributed by atoms with Crippen LogP contribution < -0.4 is 10.5 Å². The van der Waals surface area contributed by atoms with E-state index < -0.39 is 11.2 Å². The maximum atomic E-state index is 11.1. The van der Waals surface area contributed by atoms with E-state index in [1.807, 2.05) is 32.0 Å². The molecule has 0 bridgehead atoms. The van der Waals surface area contributed by atoms with Crippen LogP contribution in [0.5, 0.6) is 5.88 Å². The van der Waals surface area contributed by atoms with Gasteiger partial charge < -0.3 is 20.5 Å². The van der Waals surface area contributed by atoms with E-state index in [1.165, 1.54) is 44.0 Å². The smallest absolute Gasteiger partial charge is 0.246 e. The van der Waals surface area contributed by atoms with Crippen molar-refractivity contribution in [2.24, 2.45) is 10.9 Å². The Morgan fingerprint density at radius 3 is 2.35 bits per heavy atom. The predicted molar refractivity (Wildman–Crippen MR) is 159 cm³/mol. The molecule has 1 aliphatic carbocycles. The van der Waals surface area contributed by atoms with Gasteiger partial charge >= 0.3 is 0 Å². The first-order chi connectivity index (χ1) is 19.3. The number of hydrogen-bond donors (Lipinski definition) is 2. The fourth-order valence-electron chi connectivity index (χ4n) is 6.75. The third-order valence-electron chi connectivity index (χ3n) is 9.31. The summed E-state index contributed by atoms with van der Waals surface area (Å²) in [6.07, 6.45) is 9.39. The van der Waals surface area contributed by atoms with Gasteiger partial charge in [-0.1, -0.05) is 54.6 Å².